The summed E-state index contributed by atoms with van der Waals surface area (Å²) in [5.74, 6) is 0. The number of fused-ring (bicyclic) bond motifs is 7. The van der Waals surface area contributed by atoms with Crippen molar-refractivity contribution in [3.8, 4) is 0 Å². The predicted molar refractivity (Wildman–Crippen MR) is 67.7 cm³/mol. The molecule has 0 radical (unpaired) electrons. The molecule has 17 heavy (non-hydrogen) atoms. The first-order valence-electron chi connectivity index (χ1n) is 6.33. The van der Waals surface area contributed by atoms with Gasteiger partial charge in [0.2, 0.25) is 0 Å². The van der Waals surface area contributed by atoms with Crippen molar-refractivity contribution in [2.75, 3.05) is 0 Å². The highest BCUT2D eigenvalue weighted by Crippen LogP contribution is 2.42. The van der Waals surface area contributed by atoms with Gasteiger partial charge < -0.3 is 5.32 Å². The molecular formula is C16H16N+. The molecular weight excluding hydrogens is 206 g/mol. The smallest absolute Gasteiger partial charge is 0.146 e. The van der Waals surface area contributed by atoms with Crippen LogP contribution >= 0.6 is 0 Å². The van der Waals surface area contributed by atoms with E-state index in [1.165, 1.54) is 28.7 Å². The lowest BCUT2D eigenvalue weighted by Crippen LogP contribution is -2.93. The van der Waals surface area contributed by atoms with Crippen LogP contribution in [-0.2, 0) is 12.0 Å². The molecule has 2 aromatic rings. The minimum atomic E-state index is 0.135. The third-order valence-corrected chi connectivity index (χ3v) is 4.47. The van der Waals surface area contributed by atoms with Gasteiger partial charge >= 0.3 is 0 Å². The number of quaternary nitrogens is 1. The number of nitrogens with two attached hydrogens (primary N) is 1. The van der Waals surface area contributed by atoms with E-state index >= 15 is 0 Å². The van der Waals surface area contributed by atoms with Gasteiger partial charge in [0.05, 0.1) is 0 Å². The summed E-state index contributed by atoms with van der Waals surface area (Å²) in [4.78, 5) is 0. The number of rotatable bonds is 0. The summed E-state index contributed by atoms with van der Waals surface area (Å²) in [7, 11) is 0. The standard InChI is InChI=1S/C16H15N/c1-16-13-8-4-2-6-11(13)10-15(17-16)12-7-3-5-9-14(12)16/h2-9,15,17H,10H2,1H3/p+1/t15-,16+/m1/s1. The lowest BCUT2D eigenvalue weighted by atomic mass is 9.82. The Kier molecular flexibility index (Phi) is 1.66. The molecule has 0 unspecified atom stereocenters. The molecule has 84 valence electrons. The Balaban J connectivity index is 2.05. The monoisotopic (exact) mass is 222 g/mol. The van der Waals surface area contributed by atoms with Gasteiger partial charge in [0.25, 0.3) is 0 Å². The van der Waals surface area contributed by atoms with Crippen molar-refractivity contribution >= 4 is 0 Å². The van der Waals surface area contributed by atoms with Gasteiger partial charge in [-0.25, -0.2) is 0 Å². The normalized spacial score (nSPS) is 28.6. The molecule has 0 saturated heterocycles. The molecule has 2 N–H and O–H groups in total. The summed E-state index contributed by atoms with van der Waals surface area (Å²) in [6.07, 6.45) is 1.17. The fraction of sp³-hybridized carbons (Fsp3) is 0.250. The maximum atomic E-state index is 2.54. The number of benzene rings is 2. The van der Waals surface area contributed by atoms with Gasteiger partial charge in [0, 0.05) is 23.1 Å². The fourth-order valence-corrected chi connectivity index (χ4v) is 3.72. The van der Waals surface area contributed by atoms with Crippen molar-refractivity contribution in [2.45, 2.75) is 24.9 Å². The van der Waals surface area contributed by atoms with E-state index < -0.39 is 0 Å². The Labute approximate surface area is 101 Å². The average Bonchev–Trinajstić information content (AvgIpc) is 2.61. The Morgan fingerprint density at radius 3 is 2.59 bits per heavy atom. The molecule has 2 atom stereocenters. The first kappa shape index (κ1) is 9.43. The fourth-order valence-electron chi connectivity index (χ4n) is 3.72. The minimum Gasteiger partial charge on any atom is -0.328 e. The SMILES string of the molecule is C[C@]12[NH2+][C@H](Cc3ccccc31)c1ccccc12. The molecule has 0 aliphatic carbocycles. The highest BCUT2D eigenvalue weighted by Gasteiger charge is 2.49. The molecule has 2 aromatic carbocycles. The van der Waals surface area contributed by atoms with Crippen molar-refractivity contribution in [3.05, 3.63) is 70.8 Å². The highest BCUT2D eigenvalue weighted by molar-refractivity contribution is 5.49. The van der Waals surface area contributed by atoms with Crippen molar-refractivity contribution in [3.63, 3.8) is 0 Å². The van der Waals surface area contributed by atoms with Gasteiger partial charge in [0.1, 0.15) is 11.6 Å². The first-order valence-corrected chi connectivity index (χ1v) is 6.33. The van der Waals surface area contributed by atoms with E-state index in [0.29, 0.717) is 6.04 Å². The maximum absolute atomic E-state index is 2.54. The maximum Gasteiger partial charge on any atom is 0.146 e. The lowest BCUT2D eigenvalue weighted by Gasteiger charge is -2.30. The van der Waals surface area contributed by atoms with Crippen LogP contribution in [0.3, 0.4) is 0 Å². The van der Waals surface area contributed by atoms with E-state index in [1.807, 2.05) is 0 Å². The summed E-state index contributed by atoms with van der Waals surface area (Å²) in [5, 5.41) is 2.54. The molecule has 1 heteroatoms. The predicted octanol–water partition coefficient (Wildman–Crippen LogP) is 2.12. The summed E-state index contributed by atoms with van der Waals surface area (Å²) < 4.78 is 0. The van der Waals surface area contributed by atoms with E-state index in [1.54, 1.807) is 0 Å². The van der Waals surface area contributed by atoms with Crippen LogP contribution in [0, 0.1) is 0 Å². The third kappa shape index (κ3) is 1.07. The van der Waals surface area contributed by atoms with Crippen LogP contribution in [0.5, 0.6) is 0 Å². The molecule has 2 bridgehead atoms. The lowest BCUT2D eigenvalue weighted by molar-refractivity contribution is -0.752. The average molecular weight is 222 g/mol. The van der Waals surface area contributed by atoms with E-state index in [0.717, 1.165) is 0 Å². The van der Waals surface area contributed by atoms with Crippen molar-refractivity contribution < 1.29 is 5.32 Å². The second-order valence-corrected chi connectivity index (χ2v) is 5.42. The highest BCUT2D eigenvalue weighted by atomic mass is 15.1. The van der Waals surface area contributed by atoms with Gasteiger partial charge in [-0.15, -0.1) is 0 Å². The van der Waals surface area contributed by atoms with Gasteiger partial charge in [-0.05, 0) is 12.5 Å². The minimum absolute atomic E-state index is 0.135. The zero-order chi connectivity index (χ0) is 11.5. The van der Waals surface area contributed by atoms with Crippen LogP contribution in [0.15, 0.2) is 48.5 Å². The third-order valence-electron chi connectivity index (χ3n) is 4.47. The quantitative estimate of drug-likeness (QED) is 0.703. The molecule has 2 aliphatic heterocycles. The number of hydrogen-bond acceptors (Lipinski definition) is 0. The molecule has 1 nitrogen and oxygen atoms in total. The topological polar surface area (TPSA) is 16.6 Å². The van der Waals surface area contributed by atoms with Crippen molar-refractivity contribution in [2.24, 2.45) is 0 Å². The van der Waals surface area contributed by atoms with Gasteiger partial charge in [-0.3, -0.25) is 0 Å². The van der Waals surface area contributed by atoms with Crippen LogP contribution in [0.25, 0.3) is 0 Å². The van der Waals surface area contributed by atoms with E-state index in [2.05, 4.69) is 60.8 Å². The summed E-state index contributed by atoms with van der Waals surface area (Å²) >= 11 is 0. The van der Waals surface area contributed by atoms with Gasteiger partial charge in [-0.2, -0.15) is 0 Å². The Bertz CT molecular complexity index is 589. The Hall–Kier alpha value is -1.60. The second kappa shape index (κ2) is 2.99. The van der Waals surface area contributed by atoms with Crippen molar-refractivity contribution in [1.29, 1.82) is 0 Å². The largest absolute Gasteiger partial charge is 0.328 e. The molecule has 2 heterocycles. The van der Waals surface area contributed by atoms with E-state index in [4.69, 9.17) is 0 Å². The molecule has 0 spiro atoms. The molecule has 4 rings (SSSR count). The van der Waals surface area contributed by atoms with Crippen molar-refractivity contribution in [1.82, 2.24) is 0 Å². The van der Waals surface area contributed by atoms with E-state index in [9.17, 15) is 0 Å². The number of hydrogen-bond donors (Lipinski definition) is 1. The zero-order valence-corrected chi connectivity index (χ0v) is 9.98. The summed E-state index contributed by atoms with van der Waals surface area (Å²) in [5.41, 5.74) is 6.21. The van der Waals surface area contributed by atoms with Crippen LogP contribution < -0.4 is 5.32 Å². The summed E-state index contributed by atoms with van der Waals surface area (Å²) in [6, 6.07) is 18.5. The van der Waals surface area contributed by atoms with Crippen LogP contribution in [-0.4, -0.2) is 0 Å². The second-order valence-electron chi connectivity index (χ2n) is 5.42. The molecule has 0 aromatic heterocycles. The van der Waals surface area contributed by atoms with Gasteiger partial charge in [-0.1, -0.05) is 48.5 Å². The first-order chi connectivity index (χ1) is 8.29. The molecule has 0 amide bonds. The van der Waals surface area contributed by atoms with Crippen LogP contribution in [0.1, 0.15) is 35.2 Å². The van der Waals surface area contributed by atoms with E-state index in [-0.39, 0.29) is 5.54 Å². The Morgan fingerprint density at radius 2 is 1.71 bits per heavy atom. The Morgan fingerprint density at radius 1 is 1.00 bits per heavy atom. The van der Waals surface area contributed by atoms with Crippen LogP contribution in [0.2, 0.25) is 0 Å². The zero-order valence-electron chi connectivity index (χ0n) is 9.98. The summed E-state index contributed by atoms with van der Waals surface area (Å²) in [6.45, 7) is 2.36. The van der Waals surface area contributed by atoms with Gasteiger partial charge in [0.15, 0.2) is 0 Å². The van der Waals surface area contributed by atoms with Crippen LogP contribution in [0.4, 0.5) is 0 Å². The molecule has 2 aliphatic rings. The molecule has 0 saturated carbocycles. The molecule has 0 fully saturated rings.